The number of aliphatic hydroxyl groups excluding tert-OH is 2. The van der Waals surface area contributed by atoms with Gasteiger partial charge in [0.05, 0.1) is 19.8 Å². The van der Waals surface area contributed by atoms with E-state index in [4.69, 9.17) is 15.2 Å². The van der Waals surface area contributed by atoms with Crippen molar-refractivity contribution < 1.29 is 29.3 Å². The van der Waals surface area contributed by atoms with Crippen LogP contribution in [-0.4, -0.2) is 87.6 Å². The molecule has 0 spiro atoms. The molecule has 0 bridgehead atoms. The van der Waals surface area contributed by atoms with Gasteiger partial charge in [-0.25, -0.2) is 4.79 Å². The monoisotopic (exact) mass is 383 g/mol. The Bertz CT molecular complexity index is 763. The molecule has 0 aromatic carbocycles. The lowest BCUT2D eigenvalue weighted by Crippen LogP contribution is -2.49. The molecule has 2 aliphatic heterocycles. The number of carbonyl (C=O) groups excluding carboxylic acids is 2. The number of rotatable bonds is 4. The van der Waals surface area contributed by atoms with Crippen molar-refractivity contribution in [3.05, 3.63) is 22.7 Å². The minimum Gasteiger partial charge on any atom is -0.387 e. The second-order valence-electron chi connectivity index (χ2n) is 6.18. The van der Waals surface area contributed by atoms with Crippen LogP contribution in [0, 0.1) is 0 Å². The lowest BCUT2D eigenvalue weighted by Gasteiger charge is -2.27. The summed E-state index contributed by atoms with van der Waals surface area (Å²) in [5.74, 6) is -1.09. The largest absolute Gasteiger partial charge is 0.387 e. The number of nitrogens with two attached hydrogens (primary N) is 1. The fraction of sp³-hybridized carbons (Fsp3) is 0.600. The maximum absolute atomic E-state index is 12.3. The molecule has 12 heteroatoms. The Morgan fingerprint density at radius 2 is 2.00 bits per heavy atom. The molecule has 0 radical (unpaired) electrons. The number of anilines is 1. The van der Waals surface area contributed by atoms with Crippen LogP contribution in [0.4, 0.5) is 5.82 Å². The van der Waals surface area contributed by atoms with Gasteiger partial charge in [-0.15, -0.1) is 0 Å². The van der Waals surface area contributed by atoms with Crippen molar-refractivity contribution in [2.24, 2.45) is 0 Å². The fourth-order valence-corrected chi connectivity index (χ4v) is 2.91. The van der Waals surface area contributed by atoms with E-state index >= 15 is 0 Å². The highest BCUT2D eigenvalue weighted by Crippen LogP contribution is 2.28. The smallest absolute Gasteiger partial charge is 0.351 e. The first-order valence-electron chi connectivity index (χ1n) is 8.38. The average Bonchev–Trinajstić information content (AvgIpc) is 2.95. The second-order valence-corrected chi connectivity index (χ2v) is 6.18. The van der Waals surface area contributed by atoms with E-state index in [1.165, 1.54) is 12.3 Å². The van der Waals surface area contributed by atoms with Gasteiger partial charge in [-0.2, -0.15) is 4.98 Å². The van der Waals surface area contributed by atoms with Gasteiger partial charge in [-0.1, -0.05) is 0 Å². The first-order valence-corrected chi connectivity index (χ1v) is 8.38. The normalized spacial score (nSPS) is 28.1. The summed E-state index contributed by atoms with van der Waals surface area (Å²) in [5, 5.41) is 22.6. The van der Waals surface area contributed by atoms with Gasteiger partial charge in [0.1, 0.15) is 18.0 Å². The Morgan fingerprint density at radius 1 is 1.30 bits per heavy atom. The maximum Gasteiger partial charge on any atom is 0.351 e. The Morgan fingerprint density at radius 3 is 2.67 bits per heavy atom. The number of nitrogens with one attached hydrogen (secondary N) is 1. The van der Waals surface area contributed by atoms with Crippen LogP contribution in [0.2, 0.25) is 0 Å². The molecule has 0 unspecified atom stereocenters. The summed E-state index contributed by atoms with van der Waals surface area (Å²) in [4.78, 5) is 41.3. The minimum atomic E-state index is -1.59. The Labute approximate surface area is 153 Å². The second kappa shape index (κ2) is 8.00. The predicted octanol–water partition coefficient (Wildman–Crippen LogP) is -3.58. The van der Waals surface area contributed by atoms with Crippen molar-refractivity contribution in [1.82, 2.24) is 19.8 Å². The molecule has 0 aliphatic carbocycles. The third-order valence-corrected chi connectivity index (χ3v) is 4.40. The molecule has 2 amide bonds. The molecular weight excluding hydrogens is 362 g/mol. The number of nitrogens with zero attached hydrogens (tertiary/aromatic N) is 3. The molecule has 3 rings (SSSR count). The summed E-state index contributed by atoms with van der Waals surface area (Å²) in [7, 11) is 0. The number of ether oxygens (including phenoxy) is 2. The number of amides is 2. The highest BCUT2D eigenvalue weighted by atomic mass is 16.6. The van der Waals surface area contributed by atoms with Gasteiger partial charge in [-0.3, -0.25) is 14.2 Å². The molecule has 2 saturated heterocycles. The summed E-state index contributed by atoms with van der Waals surface area (Å²) >= 11 is 0. The Hall–Kier alpha value is -2.54. The van der Waals surface area contributed by atoms with Crippen LogP contribution in [0.15, 0.2) is 17.1 Å². The summed E-state index contributed by atoms with van der Waals surface area (Å²) in [5.41, 5.74) is 4.61. The fourth-order valence-electron chi connectivity index (χ4n) is 2.91. The van der Waals surface area contributed by atoms with Crippen LogP contribution in [0.5, 0.6) is 0 Å². The van der Waals surface area contributed by atoms with Crippen LogP contribution in [0.25, 0.3) is 0 Å². The average molecular weight is 383 g/mol. The van der Waals surface area contributed by atoms with Gasteiger partial charge >= 0.3 is 5.69 Å². The van der Waals surface area contributed by atoms with Crippen molar-refractivity contribution in [1.29, 1.82) is 0 Å². The minimum absolute atomic E-state index is 0.0137. The van der Waals surface area contributed by atoms with Gasteiger partial charge in [0.2, 0.25) is 5.91 Å². The maximum atomic E-state index is 12.3. The first-order chi connectivity index (χ1) is 12.9. The lowest BCUT2D eigenvalue weighted by molar-refractivity contribution is -0.142. The third kappa shape index (κ3) is 4.08. The number of carbonyl (C=O) groups is 2. The molecule has 27 heavy (non-hydrogen) atoms. The number of morpholine rings is 1. The standard InChI is InChI=1S/C15H21N5O7/c16-8-1-2-20(15(25)18-8)14-11(23)10(22)12(27-14)13(24)17-7-9(21)19-3-5-26-6-4-19/h1-2,10-12,14,22-23H,3-7H2,(H,17,24)(H2,16,18,25)/t10-,11+,12-,14+/m0/s1. The van der Waals surface area contributed by atoms with Gasteiger partial charge in [0.25, 0.3) is 5.91 Å². The number of aromatic nitrogens is 2. The molecule has 2 aliphatic rings. The zero-order valence-corrected chi connectivity index (χ0v) is 14.4. The number of nitrogen functional groups attached to an aromatic ring is 1. The van der Waals surface area contributed by atoms with E-state index in [9.17, 15) is 24.6 Å². The molecule has 2 fully saturated rings. The molecule has 12 nitrogen and oxygen atoms in total. The van der Waals surface area contributed by atoms with Crippen LogP contribution in [0.1, 0.15) is 6.23 Å². The summed E-state index contributed by atoms with van der Waals surface area (Å²) < 4.78 is 11.4. The van der Waals surface area contributed by atoms with Crippen LogP contribution in [-0.2, 0) is 19.1 Å². The molecular formula is C15H21N5O7. The Balaban J connectivity index is 1.62. The van der Waals surface area contributed by atoms with Crippen molar-refractivity contribution in [2.45, 2.75) is 24.5 Å². The van der Waals surface area contributed by atoms with E-state index in [2.05, 4.69) is 10.3 Å². The molecule has 148 valence electrons. The van der Waals surface area contributed by atoms with Crippen LogP contribution in [0.3, 0.4) is 0 Å². The van der Waals surface area contributed by atoms with E-state index in [1.807, 2.05) is 0 Å². The van der Waals surface area contributed by atoms with Crippen LogP contribution >= 0.6 is 0 Å². The quantitative estimate of drug-likeness (QED) is 0.410. The molecule has 3 heterocycles. The van der Waals surface area contributed by atoms with Crippen molar-refractivity contribution in [3.63, 3.8) is 0 Å². The van der Waals surface area contributed by atoms with E-state index in [1.54, 1.807) is 4.90 Å². The van der Waals surface area contributed by atoms with Gasteiger partial charge in [0.15, 0.2) is 12.3 Å². The highest BCUT2D eigenvalue weighted by Gasteiger charge is 2.47. The lowest BCUT2D eigenvalue weighted by atomic mass is 10.1. The summed E-state index contributed by atoms with van der Waals surface area (Å²) in [6, 6.07) is 1.32. The first kappa shape index (κ1) is 19.2. The molecule has 5 N–H and O–H groups in total. The molecule has 1 aromatic rings. The van der Waals surface area contributed by atoms with E-state index in [-0.39, 0.29) is 18.3 Å². The summed E-state index contributed by atoms with van der Waals surface area (Å²) in [6.45, 7) is 1.45. The zero-order valence-electron chi connectivity index (χ0n) is 14.4. The Kier molecular flexibility index (Phi) is 5.70. The van der Waals surface area contributed by atoms with Crippen molar-refractivity contribution >= 4 is 17.6 Å². The SMILES string of the molecule is Nc1ccn([C@@H]2O[C@H](C(=O)NCC(=O)N3CCOCC3)[C@@H](O)[C@H]2O)c(=O)n1. The van der Waals surface area contributed by atoms with E-state index < -0.39 is 36.1 Å². The van der Waals surface area contributed by atoms with Crippen molar-refractivity contribution in [2.75, 3.05) is 38.6 Å². The summed E-state index contributed by atoms with van der Waals surface area (Å²) in [6.07, 6.45) is -4.65. The number of hydrogen-bond donors (Lipinski definition) is 4. The molecule has 4 atom stereocenters. The topological polar surface area (TPSA) is 169 Å². The highest BCUT2D eigenvalue weighted by molar-refractivity contribution is 5.87. The molecule has 1 aromatic heterocycles. The van der Waals surface area contributed by atoms with Gasteiger partial charge < -0.3 is 35.6 Å². The molecule has 0 saturated carbocycles. The predicted molar refractivity (Wildman–Crippen MR) is 89.2 cm³/mol. The van der Waals surface area contributed by atoms with Gasteiger partial charge in [-0.05, 0) is 6.07 Å². The number of aliphatic hydroxyl groups is 2. The van der Waals surface area contributed by atoms with Crippen LogP contribution < -0.4 is 16.7 Å². The third-order valence-electron chi connectivity index (χ3n) is 4.40. The number of hydrogen-bond acceptors (Lipinski definition) is 9. The van der Waals surface area contributed by atoms with Gasteiger partial charge in [0, 0.05) is 19.3 Å². The van der Waals surface area contributed by atoms with E-state index in [0.29, 0.717) is 26.3 Å². The zero-order chi connectivity index (χ0) is 19.6. The van der Waals surface area contributed by atoms with E-state index in [0.717, 1.165) is 4.57 Å². The van der Waals surface area contributed by atoms with Crippen molar-refractivity contribution in [3.8, 4) is 0 Å².